The third-order valence-corrected chi connectivity index (χ3v) is 5.66. The van der Waals surface area contributed by atoms with E-state index in [1.165, 1.54) is 12.1 Å². The molecule has 0 bridgehead atoms. The Morgan fingerprint density at radius 3 is 2.12 bits per heavy atom. The van der Waals surface area contributed by atoms with Crippen molar-refractivity contribution in [1.82, 2.24) is 4.90 Å². The van der Waals surface area contributed by atoms with Crippen molar-refractivity contribution >= 4 is 11.7 Å². The number of carbonyl (C=O) groups is 1. The summed E-state index contributed by atoms with van der Waals surface area (Å²) in [6, 6.07) is 20.7. The SMILES string of the molecule is O=C(O)c1ccc(N2CCN(Cc3ccccc3-c3ccc(OC(F)(F)F)cc3)CC2)cc1. The standard InChI is InChI=1S/C25H23F3N2O3/c26-25(27,28)33-22-11-7-18(8-12-22)23-4-2-1-3-20(23)17-29-13-15-30(16-14-29)21-9-5-19(6-10-21)24(31)32/h1-12H,13-17H2,(H,31,32). The highest BCUT2D eigenvalue weighted by atomic mass is 19.4. The smallest absolute Gasteiger partial charge is 0.478 e. The molecule has 0 saturated carbocycles. The average molecular weight is 456 g/mol. The lowest BCUT2D eigenvalue weighted by molar-refractivity contribution is -0.274. The number of hydrogen-bond donors (Lipinski definition) is 1. The number of piperazine rings is 1. The van der Waals surface area contributed by atoms with Gasteiger partial charge in [0, 0.05) is 38.4 Å². The molecular weight excluding hydrogens is 433 g/mol. The number of hydrogen-bond acceptors (Lipinski definition) is 4. The van der Waals surface area contributed by atoms with E-state index in [1.54, 1.807) is 24.3 Å². The molecule has 172 valence electrons. The first-order valence-corrected chi connectivity index (χ1v) is 10.5. The van der Waals surface area contributed by atoms with E-state index in [9.17, 15) is 18.0 Å². The molecule has 0 unspecified atom stereocenters. The van der Waals surface area contributed by atoms with E-state index in [0.29, 0.717) is 0 Å². The number of benzene rings is 3. The van der Waals surface area contributed by atoms with Crippen LogP contribution in [0.4, 0.5) is 18.9 Å². The van der Waals surface area contributed by atoms with Crippen LogP contribution in [0.5, 0.6) is 5.75 Å². The Bertz CT molecular complexity index is 1090. The summed E-state index contributed by atoms with van der Waals surface area (Å²) in [4.78, 5) is 15.6. The van der Waals surface area contributed by atoms with E-state index in [4.69, 9.17) is 5.11 Å². The summed E-state index contributed by atoms with van der Waals surface area (Å²) in [5.74, 6) is -1.18. The lowest BCUT2D eigenvalue weighted by Crippen LogP contribution is -2.46. The first-order chi connectivity index (χ1) is 15.8. The van der Waals surface area contributed by atoms with E-state index in [-0.39, 0.29) is 11.3 Å². The highest BCUT2D eigenvalue weighted by Gasteiger charge is 2.31. The monoisotopic (exact) mass is 456 g/mol. The first-order valence-electron chi connectivity index (χ1n) is 10.5. The molecule has 0 radical (unpaired) electrons. The van der Waals surface area contributed by atoms with Crippen molar-refractivity contribution in [1.29, 1.82) is 0 Å². The molecule has 0 aliphatic carbocycles. The van der Waals surface area contributed by atoms with Gasteiger partial charge in [-0.2, -0.15) is 0 Å². The van der Waals surface area contributed by atoms with E-state index in [0.717, 1.165) is 55.1 Å². The van der Waals surface area contributed by atoms with Crippen LogP contribution in [0, 0.1) is 0 Å². The quantitative estimate of drug-likeness (QED) is 0.548. The number of aromatic carboxylic acids is 1. The zero-order chi connectivity index (χ0) is 23.4. The molecule has 0 amide bonds. The minimum atomic E-state index is -4.71. The van der Waals surface area contributed by atoms with E-state index < -0.39 is 12.3 Å². The van der Waals surface area contributed by atoms with Gasteiger partial charge in [0.05, 0.1) is 5.56 Å². The van der Waals surface area contributed by atoms with Crippen molar-refractivity contribution in [3.05, 3.63) is 83.9 Å². The molecular formula is C25H23F3N2O3. The minimum absolute atomic E-state index is 0.240. The summed E-state index contributed by atoms with van der Waals surface area (Å²) in [6.45, 7) is 4.04. The van der Waals surface area contributed by atoms with Gasteiger partial charge in [-0.05, 0) is 53.1 Å². The topological polar surface area (TPSA) is 53.0 Å². The van der Waals surface area contributed by atoms with Crippen LogP contribution in [0.2, 0.25) is 0 Å². The molecule has 4 rings (SSSR count). The Balaban J connectivity index is 1.40. The van der Waals surface area contributed by atoms with Crippen LogP contribution in [-0.4, -0.2) is 48.5 Å². The maximum Gasteiger partial charge on any atom is 0.573 e. The second kappa shape index (κ2) is 9.54. The maximum absolute atomic E-state index is 12.4. The molecule has 33 heavy (non-hydrogen) atoms. The van der Waals surface area contributed by atoms with Crippen molar-refractivity contribution in [2.75, 3.05) is 31.1 Å². The third-order valence-electron chi connectivity index (χ3n) is 5.66. The highest BCUT2D eigenvalue weighted by Crippen LogP contribution is 2.29. The first kappa shape index (κ1) is 22.7. The molecule has 1 N–H and O–H groups in total. The van der Waals surface area contributed by atoms with E-state index in [2.05, 4.69) is 14.5 Å². The van der Waals surface area contributed by atoms with Gasteiger partial charge >= 0.3 is 12.3 Å². The van der Waals surface area contributed by atoms with Crippen LogP contribution >= 0.6 is 0 Å². The van der Waals surface area contributed by atoms with Gasteiger partial charge in [-0.3, -0.25) is 4.90 Å². The van der Waals surface area contributed by atoms with Crippen LogP contribution in [0.25, 0.3) is 11.1 Å². The van der Waals surface area contributed by atoms with E-state index >= 15 is 0 Å². The average Bonchev–Trinajstić information content (AvgIpc) is 2.80. The predicted octanol–water partition coefficient (Wildman–Crippen LogP) is 5.27. The van der Waals surface area contributed by atoms with Gasteiger partial charge in [0.2, 0.25) is 0 Å². The number of carboxylic acids is 1. The predicted molar refractivity (Wildman–Crippen MR) is 119 cm³/mol. The molecule has 1 saturated heterocycles. The summed E-state index contributed by atoms with van der Waals surface area (Å²) in [6.07, 6.45) is -4.71. The van der Waals surface area contributed by atoms with Gasteiger partial charge in [-0.25, -0.2) is 4.79 Å². The Morgan fingerprint density at radius 1 is 0.879 bits per heavy atom. The van der Waals surface area contributed by atoms with Gasteiger partial charge in [-0.1, -0.05) is 36.4 Å². The minimum Gasteiger partial charge on any atom is -0.478 e. The van der Waals surface area contributed by atoms with Crippen LogP contribution in [0.15, 0.2) is 72.8 Å². The largest absolute Gasteiger partial charge is 0.573 e. The van der Waals surface area contributed by atoms with Crippen molar-refractivity contribution in [3.8, 4) is 16.9 Å². The van der Waals surface area contributed by atoms with Crippen molar-refractivity contribution in [3.63, 3.8) is 0 Å². The lowest BCUT2D eigenvalue weighted by atomic mass is 9.99. The highest BCUT2D eigenvalue weighted by molar-refractivity contribution is 5.88. The molecule has 0 aromatic heterocycles. The van der Waals surface area contributed by atoms with Crippen molar-refractivity contribution in [2.45, 2.75) is 12.9 Å². The summed E-state index contributed by atoms with van der Waals surface area (Å²) < 4.78 is 41.2. The summed E-state index contributed by atoms with van der Waals surface area (Å²) in [5, 5.41) is 9.05. The molecule has 1 aliphatic heterocycles. The normalized spacial score (nSPS) is 14.8. The van der Waals surface area contributed by atoms with Gasteiger partial charge in [0.25, 0.3) is 0 Å². The zero-order valence-corrected chi connectivity index (χ0v) is 17.8. The Labute approximate surface area is 189 Å². The van der Waals surface area contributed by atoms with Crippen molar-refractivity contribution < 1.29 is 27.8 Å². The van der Waals surface area contributed by atoms with E-state index in [1.807, 2.05) is 36.4 Å². The molecule has 5 nitrogen and oxygen atoms in total. The second-order valence-electron chi connectivity index (χ2n) is 7.84. The molecule has 1 heterocycles. The molecule has 3 aromatic rings. The van der Waals surface area contributed by atoms with Gasteiger partial charge in [-0.15, -0.1) is 13.2 Å². The molecule has 3 aromatic carbocycles. The van der Waals surface area contributed by atoms with Gasteiger partial charge < -0.3 is 14.7 Å². The van der Waals surface area contributed by atoms with Crippen molar-refractivity contribution in [2.24, 2.45) is 0 Å². The number of carboxylic acid groups (broad SMARTS) is 1. The molecule has 0 spiro atoms. The number of halogens is 3. The van der Waals surface area contributed by atoms with Crippen LogP contribution in [0.1, 0.15) is 15.9 Å². The number of alkyl halides is 3. The summed E-state index contributed by atoms with van der Waals surface area (Å²) in [7, 11) is 0. The molecule has 8 heteroatoms. The second-order valence-corrected chi connectivity index (χ2v) is 7.84. The molecule has 0 atom stereocenters. The fourth-order valence-corrected chi connectivity index (χ4v) is 4.00. The Kier molecular flexibility index (Phi) is 6.55. The Morgan fingerprint density at radius 2 is 1.52 bits per heavy atom. The zero-order valence-electron chi connectivity index (χ0n) is 17.8. The van der Waals surface area contributed by atoms with Gasteiger partial charge in [0.15, 0.2) is 0 Å². The summed E-state index contributed by atoms with van der Waals surface area (Å²) in [5.41, 5.74) is 4.18. The van der Waals surface area contributed by atoms with Crippen LogP contribution in [0.3, 0.4) is 0 Å². The number of rotatable bonds is 6. The molecule has 1 fully saturated rings. The number of nitrogens with zero attached hydrogens (tertiary/aromatic N) is 2. The Hall–Kier alpha value is -3.52. The number of ether oxygens (including phenoxy) is 1. The lowest BCUT2D eigenvalue weighted by Gasteiger charge is -2.36. The fourth-order valence-electron chi connectivity index (χ4n) is 4.00. The summed E-state index contributed by atoms with van der Waals surface area (Å²) >= 11 is 0. The molecule has 1 aliphatic rings. The van der Waals surface area contributed by atoms with Crippen LogP contribution in [-0.2, 0) is 6.54 Å². The third kappa shape index (κ3) is 5.84. The fraction of sp³-hybridized carbons (Fsp3) is 0.240. The van der Waals surface area contributed by atoms with Crippen LogP contribution < -0.4 is 9.64 Å². The number of anilines is 1. The maximum atomic E-state index is 12.4. The van der Waals surface area contributed by atoms with Gasteiger partial charge in [0.1, 0.15) is 5.75 Å².